The Labute approximate surface area is 141 Å². The largest absolute Gasteiger partial charge is 0.378 e. The molecule has 1 N–H and O–H groups in total. The molecule has 1 fully saturated rings. The first-order valence-corrected chi connectivity index (χ1v) is 10.1. The zero-order chi connectivity index (χ0) is 17.0. The lowest BCUT2D eigenvalue weighted by Crippen LogP contribution is -2.53. The molecule has 2 heterocycles. The molecule has 130 valence electrons. The number of rotatable bonds is 6. The highest BCUT2D eigenvalue weighted by Gasteiger charge is 2.32. The molecule has 8 heteroatoms. The van der Waals surface area contributed by atoms with Crippen LogP contribution in [0.15, 0.2) is 16.3 Å². The third-order valence-electron chi connectivity index (χ3n) is 3.79. The van der Waals surface area contributed by atoms with Crippen LogP contribution in [0.25, 0.3) is 0 Å². The smallest absolute Gasteiger partial charge is 0.250 e. The molecule has 0 aromatic carbocycles. The standard InChI is InChI=1S/C15H24N2O4S2/c1-4-12-5-6-13(22-12)23(19,20)16-14(11(2)3)15(18)17-7-9-21-10-8-17/h5-6,11,14,16H,4,7-10H2,1-3H3/t14-/m0/s1. The second-order valence-corrected chi connectivity index (χ2v) is 8.96. The predicted octanol–water partition coefficient (Wildman–Crippen LogP) is 1.47. The van der Waals surface area contributed by atoms with Crippen molar-refractivity contribution in [1.29, 1.82) is 0 Å². The van der Waals surface area contributed by atoms with Crippen molar-refractivity contribution < 1.29 is 17.9 Å². The number of thiophene rings is 1. The first kappa shape index (κ1) is 18.4. The lowest BCUT2D eigenvalue weighted by atomic mass is 10.0. The van der Waals surface area contributed by atoms with Gasteiger partial charge < -0.3 is 9.64 Å². The van der Waals surface area contributed by atoms with Gasteiger partial charge in [-0.3, -0.25) is 4.79 Å². The number of hydrogen-bond acceptors (Lipinski definition) is 5. The number of aryl methyl sites for hydroxylation is 1. The van der Waals surface area contributed by atoms with E-state index in [1.165, 1.54) is 11.3 Å². The lowest BCUT2D eigenvalue weighted by molar-refractivity contribution is -0.138. The summed E-state index contributed by atoms with van der Waals surface area (Å²) < 4.78 is 33.2. The van der Waals surface area contributed by atoms with Gasteiger partial charge in [0.1, 0.15) is 10.3 Å². The number of carbonyl (C=O) groups is 1. The highest BCUT2D eigenvalue weighted by molar-refractivity contribution is 7.91. The summed E-state index contributed by atoms with van der Waals surface area (Å²) in [5.41, 5.74) is 0. The van der Waals surface area contributed by atoms with Crippen molar-refractivity contribution in [3.63, 3.8) is 0 Å². The minimum absolute atomic E-state index is 0.134. The molecule has 0 radical (unpaired) electrons. The van der Waals surface area contributed by atoms with Gasteiger partial charge >= 0.3 is 0 Å². The van der Waals surface area contributed by atoms with E-state index in [1.54, 1.807) is 11.0 Å². The zero-order valence-corrected chi connectivity index (χ0v) is 15.4. The van der Waals surface area contributed by atoms with Crippen molar-refractivity contribution in [3.05, 3.63) is 17.0 Å². The number of amides is 1. The Hall–Kier alpha value is -0.960. The fraction of sp³-hybridized carbons (Fsp3) is 0.667. The molecular formula is C15H24N2O4S2. The molecule has 1 amide bonds. The van der Waals surface area contributed by atoms with E-state index in [-0.39, 0.29) is 16.0 Å². The minimum Gasteiger partial charge on any atom is -0.378 e. The van der Waals surface area contributed by atoms with Crippen LogP contribution in [0.3, 0.4) is 0 Å². The Bertz CT molecular complexity index is 634. The van der Waals surface area contributed by atoms with Crippen LogP contribution in [0, 0.1) is 5.92 Å². The van der Waals surface area contributed by atoms with Crippen LogP contribution in [-0.2, 0) is 26.0 Å². The maximum Gasteiger partial charge on any atom is 0.250 e. The van der Waals surface area contributed by atoms with Gasteiger partial charge in [-0.25, -0.2) is 8.42 Å². The van der Waals surface area contributed by atoms with Gasteiger partial charge in [-0.2, -0.15) is 4.72 Å². The van der Waals surface area contributed by atoms with Crippen molar-refractivity contribution in [2.75, 3.05) is 26.3 Å². The van der Waals surface area contributed by atoms with E-state index in [2.05, 4.69) is 4.72 Å². The Morgan fingerprint density at radius 1 is 1.35 bits per heavy atom. The van der Waals surface area contributed by atoms with Gasteiger partial charge in [-0.15, -0.1) is 11.3 Å². The molecule has 0 spiro atoms. The molecule has 2 rings (SSSR count). The minimum atomic E-state index is -3.69. The third-order valence-corrected chi connectivity index (χ3v) is 6.95. The Balaban J connectivity index is 2.16. The van der Waals surface area contributed by atoms with Crippen LogP contribution in [0.4, 0.5) is 0 Å². The number of nitrogens with zero attached hydrogens (tertiary/aromatic N) is 1. The van der Waals surface area contributed by atoms with Crippen molar-refractivity contribution in [2.45, 2.75) is 37.4 Å². The normalized spacial score (nSPS) is 17.5. The molecule has 1 saturated heterocycles. The molecule has 1 aliphatic heterocycles. The molecule has 0 bridgehead atoms. The SMILES string of the molecule is CCc1ccc(S(=O)(=O)N[C@H](C(=O)N2CCOCC2)C(C)C)s1. The fourth-order valence-electron chi connectivity index (χ4n) is 2.37. The van der Waals surface area contributed by atoms with Crippen LogP contribution in [0.2, 0.25) is 0 Å². The van der Waals surface area contributed by atoms with E-state index in [9.17, 15) is 13.2 Å². The van der Waals surface area contributed by atoms with Gasteiger partial charge in [0, 0.05) is 18.0 Å². The average molecular weight is 361 g/mol. The van der Waals surface area contributed by atoms with Gasteiger partial charge in [0.2, 0.25) is 5.91 Å². The van der Waals surface area contributed by atoms with Crippen molar-refractivity contribution in [2.24, 2.45) is 5.92 Å². The second kappa shape index (κ2) is 7.74. The van der Waals surface area contributed by atoms with Crippen molar-refractivity contribution in [3.8, 4) is 0 Å². The van der Waals surface area contributed by atoms with Crippen LogP contribution < -0.4 is 4.72 Å². The summed E-state index contributed by atoms with van der Waals surface area (Å²) in [6.45, 7) is 7.66. The summed E-state index contributed by atoms with van der Waals surface area (Å²) in [5, 5.41) is 0. The van der Waals surface area contributed by atoms with E-state index in [0.717, 1.165) is 11.3 Å². The third kappa shape index (κ3) is 4.53. The maximum absolute atomic E-state index is 12.7. The van der Waals surface area contributed by atoms with E-state index < -0.39 is 16.1 Å². The van der Waals surface area contributed by atoms with Crippen LogP contribution >= 0.6 is 11.3 Å². The van der Waals surface area contributed by atoms with Gasteiger partial charge in [-0.1, -0.05) is 20.8 Å². The Morgan fingerprint density at radius 3 is 2.52 bits per heavy atom. The molecular weight excluding hydrogens is 336 g/mol. The summed E-state index contributed by atoms with van der Waals surface area (Å²) >= 11 is 1.25. The number of nitrogens with one attached hydrogen (secondary N) is 1. The molecule has 1 aromatic heterocycles. The highest BCUT2D eigenvalue weighted by atomic mass is 32.2. The number of morpholine rings is 1. The average Bonchev–Trinajstić information content (AvgIpc) is 3.02. The number of sulfonamides is 1. The maximum atomic E-state index is 12.7. The molecule has 0 aliphatic carbocycles. The second-order valence-electron chi connectivity index (χ2n) is 5.85. The van der Waals surface area contributed by atoms with Gasteiger partial charge in [0.05, 0.1) is 13.2 Å². The topological polar surface area (TPSA) is 75.7 Å². The van der Waals surface area contributed by atoms with Crippen molar-refractivity contribution >= 4 is 27.3 Å². The summed E-state index contributed by atoms with van der Waals surface area (Å²) in [7, 11) is -3.69. The summed E-state index contributed by atoms with van der Waals surface area (Å²) in [6, 6.07) is 2.65. The van der Waals surface area contributed by atoms with Crippen LogP contribution in [0.5, 0.6) is 0 Å². The van der Waals surface area contributed by atoms with Gasteiger partial charge in [-0.05, 0) is 24.5 Å². The zero-order valence-electron chi connectivity index (χ0n) is 13.7. The predicted molar refractivity (Wildman–Crippen MR) is 90.0 cm³/mol. The van der Waals surface area contributed by atoms with E-state index in [1.807, 2.05) is 26.8 Å². The van der Waals surface area contributed by atoms with Gasteiger partial charge in [0.25, 0.3) is 10.0 Å². The lowest BCUT2D eigenvalue weighted by Gasteiger charge is -2.32. The summed E-state index contributed by atoms with van der Waals surface area (Å²) in [5.74, 6) is -0.315. The Morgan fingerprint density at radius 2 is 2.00 bits per heavy atom. The van der Waals surface area contributed by atoms with Gasteiger partial charge in [0.15, 0.2) is 0 Å². The molecule has 0 saturated carbocycles. The number of hydrogen-bond donors (Lipinski definition) is 1. The van der Waals surface area contributed by atoms with Crippen LogP contribution in [0.1, 0.15) is 25.6 Å². The highest BCUT2D eigenvalue weighted by Crippen LogP contribution is 2.23. The monoisotopic (exact) mass is 360 g/mol. The fourth-order valence-corrected chi connectivity index (χ4v) is 5.02. The molecule has 23 heavy (non-hydrogen) atoms. The first-order chi connectivity index (χ1) is 10.8. The molecule has 6 nitrogen and oxygen atoms in total. The summed E-state index contributed by atoms with van der Waals surface area (Å²) in [4.78, 5) is 15.3. The molecule has 1 aliphatic rings. The Kier molecular flexibility index (Phi) is 6.19. The molecule has 0 unspecified atom stereocenters. The van der Waals surface area contributed by atoms with Crippen molar-refractivity contribution in [1.82, 2.24) is 9.62 Å². The quantitative estimate of drug-likeness (QED) is 0.834. The molecule has 1 atom stereocenters. The van der Waals surface area contributed by atoms with E-state index in [4.69, 9.17) is 4.74 Å². The van der Waals surface area contributed by atoms with E-state index in [0.29, 0.717) is 26.3 Å². The van der Waals surface area contributed by atoms with Crippen LogP contribution in [-0.4, -0.2) is 51.6 Å². The van der Waals surface area contributed by atoms with E-state index >= 15 is 0 Å². The first-order valence-electron chi connectivity index (χ1n) is 7.82. The number of carbonyl (C=O) groups excluding carboxylic acids is 1. The molecule has 1 aromatic rings. The summed E-state index contributed by atoms with van der Waals surface area (Å²) in [6.07, 6.45) is 0.792. The number of ether oxygens (including phenoxy) is 1.